The van der Waals surface area contributed by atoms with Crippen molar-refractivity contribution in [3.63, 3.8) is 0 Å². The largest absolute Gasteiger partial charge is 0.449 e. The molecule has 0 bridgehead atoms. The van der Waals surface area contributed by atoms with Gasteiger partial charge in [-0.1, -0.05) is 37.6 Å². The third-order valence-electron chi connectivity index (χ3n) is 5.43. The molecule has 0 radical (unpaired) electrons. The summed E-state index contributed by atoms with van der Waals surface area (Å²) in [5.74, 6) is -0.0329. The van der Waals surface area contributed by atoms with Crippen molar-refractivity contribution in [2.24, 2.45) is 0 Å². The zero-order valence-corrected chi connectivity index (χ0v) is 17.7. The van der Waals surface area contributed by atoms with Crippen molar-refractivity contribution in [3.8, 4) is 0 Å². The van der Waals surface area contributed by atoms with Crippen molar-refractivity contribution >= 4 is 29.1 Å². The van der Waals surface area contributed by atoms with E-state index in [1.165, 1.54) is 0 Å². The number of hydrogen-bond acceptors (Lipinski definition) is 3. The molecule has 160 valence electrons. The van der Waals surface area contributed by atoms with Crippen LogP contribution in [0.1, 0.15) is 30.9 Å². The number of ether oxygens (including phenoxy) is 1. The van der Waals surface area contributed by atoms with Gasteiger partial charge in [0.15, 0.2) is 0 Å². The molecule has 31 heavy (non-hydrogen) atoms. The lowest BCUT2D eigenvalue weighted by Gasteiger charge is -2.26. The summed E-state index contributed by atoms with van der Waals surface area (Å²) in [6, 6.07) is 17.5. The standard InChI is InChI=1S/C25H27N3O3/c1-2-3-16-31-25(30)26-21-13-12-20-11-10-19-8-4-5-9-22(19)28(23(20)17-21)24(29)18-27-14-6-7-15-27/h4-9,12-15,17H,2-3,10-11,16,18H2,1H3,(H,26,30). The van der Waals surface area contributed by atoms with Crippen LogP contribution in [-0.4, -0.2) is 23.2 Å². The van der Waals surface area contributed by atoms with Crippen molar-refractivity contribution < 1.29 is 14.3 Å². The fourth-order valence-electron chi connectivity index (χ4n) is 3.83. The van der Waals surface area contributed by atoms with E-state index < -0.39 is 6.09 Å². The quantitative estimate of drug-likeness (QED) is 0.554. The molecule has 2 heterocycles. The van der Waals surface area contributed by atoms with Gasteiger partial charge in [0, 0.05) is 18.1 Å². The topological polar surface area (TPSA) is 63.6 Å². The lowest BCUT2D eigenvalue weighted by atomic mass is 10.0. The third-order valence-corrected chi connectivity index (χ3v) is 5.43. The summed E-state index contributed by atoms with van der Waals surface area (Å²) < 4.78 is 7.09. The molecule has 0 saturated heterocycles. The monoisotopic (exact) mass is 417 g/mol. The van der Waals surface area contributed by atoms with Gasteiger partial charge in [-0.3, -0.25) is 15.0 Å². The number of aromatic nitrogens is 1. The van der Waals surface area contributed by atoms with Gasteiger partial charge in [0.2, 0.25) is 0 Å². The number of aryl methyl sites for hydroxylation is 2. The number of anilines is 3. The fraction of sp³-hybridized carbons (Fsp3) is 0.280. The minimum atomic E-state index is -0.479. The predicted octanol–water partition coefficient (Wildman–Crippen LogP) is 5.30. The van der Waals surface area contributed by atoms with Crippen molar-refractivity contribution in [3.05, 3.63) is 78.1 Å². The Labute approximate surface area is 182 Å². The highest BCUT2D eigenvalue weighted by Crippen LogP contribution is 2.37. The van der Waals surface area contributed by atoms with Crippen molar-refractivity contribution in [1.29, 1.82) is 0 Å². The average Bonchev–Trinajstić information content (AvgIpc) is 3.21. The van der Waals surface area contributed by atoms with Gasteiger partial charge < -0.3 is 9.30 Å². The highest BCUT2D eigenvalue weighted by Gasteiger charge is 2.26. The van der Waals surface area contributed by atoms with Crippen LogP contribution in [0.3, 0.4) is 0 Å². The number of carbonyl (C=O) groups excluding carboxylic acids is 2. The normalized spacial score (nSPS) is 12.5. The van der Waals surface area contributed by atoms with Crippen LogP contribution < -0.4 is 10.2 Å². The van der Waals surface area contributed by atoms with Gasteiger partial charge >= 0.3 is 6.09 Å². The summed E-state index contributed by atoms with van der Waals surface area (Å²) in [6.45, 7) is 2.67. The maximum Gasteiger partial charge on any atom is 0.411 e. The molecule has 0 atom stereocenters. The molecule has 0 aliphatic carbocycles. The van der Waals surface area contributed by atoms with Crippen molar-refractivity contribution in [2.45, 2.75) is 39.2 Å². The minimum Gasteiger partial charge on any atom is -0.449 e. The number of benzene rings is 2. The molecule has 2 aromatic carbocycles. The highest BCUT2D eigenvalue weighted by atomic mass is 16.5. The van der Waals surface area contributed by atoms with E-state index in [1.54, 1.807) is 4.90 Å². The molecule has 3 aromatic rings. The summed E-state index contributed by atoms with van der Waals surface area (Å²) in [7, 11) is 0. The molecule has 0 saturated carbocycles. The molecule has 4 rings (SSSR count). The van der Waals surface area contributed by atoms with Crippen molar-refractivity contribution in [1.82, 2.24) is 4.57 Å². The van der Waals surface area contributed by atoms with Gasteiger partial charge in [-0.05, 0) is 60.7 Å². The van der Waals surface area contributed by atoms with E-state index in [0.717, 1.165) is 48.2 Å². The molecular weight excluding hydrogens is 390 g/mol. The number of para-hydroxylation sites is 1. The van der Waals surface area contributed by atoms with Gasteiger partial charge in [0.1, 0.15) is 6.54 Å². The number of nitrogens with one attached hydrogen (secondary N) is 1. The van der Waals surface area contributed by atoms with Crippen LogP contribution in [0.15, 0.2) is 67.0 Å². The number of nitrogens with zero attached hydrogens (tertiary/aromatic N) is 2. The molecule has 0 fully saturated rings. The molecule has 1 aliphatic heterocycles. The SMILES string of the molecule is CCCCOC(=O)Nc1ccc2c(c1)N(C(=O)Cn1cccc1)c1ccccc1CC2. The summed E-state index contributed by atoms with van der Waals surface area (Å²) >= 11 is 0. The summed E-state index contributed by atoms with van der Waals surface area (Å²) in [6.07, 6.45) is 6.75. The molecule has 6 nitrogen and oxygen atoms in total. The van der Waals surface area contributed by atoms with Crippen LogP contribution >= 0.6 is 0 Å². The number of carbonyl (C=O) groups is 2. The summed E-state index contributed by atoms with van der Waals surface area (Å²) in [4.78, 5) is 27.4. The molecule has 6 heteroatoms. The fourth-order valence-corrected chi connectivity index (χ4v) is 3.83. The van der Waals surface area contributed by atoms with E-state index in [2.05, 4.69) is 11.4 Å². The first-order valence-corrected chi connectivity index (χ1v) is 10.7. The Bertz CT molecular complexity index is 1060. The Kier molecular flexibility index (Phi) is 6.36. The molecule has 1 N–H and O–H groups in total. The van der Waals surface area contributed by atoms with Gasteiger partial charge in [-0.25, -0.2) is 4.79 Å². The van der Waals surface area contributed by atoms with Crippen LogP contribution in [0, 0.1) is 0 Å². The second kappa shape index (κ2) is 9.51. The van der Waals surface area contributed by atoms with Crippen LogP contribution in [0.2, 0.25) is 0 Å². The van der Waals surface area contributed by atoms with E-state index in [0.29, 0.717) is 12.3 Å². The van der Waals surface area contributed by atoms with Crippen LogP contribution in [0.25, 0.3) is 0 Å². The lowest BCUT2D eigenvalue weighted by molar-refractivity contribution is -0.118. The summed E-state index contributed by atoms with van der Waals surface area (Å²) in [5.41, 5.74) is 4.50. The first kappa shape index (κ1) is 20.7. The van der Waals surface area contributed by atoms with E-state index >= 15 is 0 Å². The molecule has 2 amide bonds. The zero-order valence-electron chi connectivity index (χ0n) is 17.7. The Morgan fingerprint density at radius 2 is 1.71 bits per heavy atom. The number of fused-ring (bicyclic) bond motifs is 2. The van der Waals surface area contributed by atoms with Crippen LogP contribution in [0.4, 0.5) is 21.9 Å². The summed E-state index contributed by atoms with van der Waals surface area (Å²) in [5, 5.41) is 2.80. The smallest absolute Gasteiger partial charge is 0.411 e. The Balaban J connectivity index is 1.66. The Morgan fingerprint density at radius 1 is 0.968 bits per heavy atom. The molecular formula is C25H27N3O3. The average molecular weight is 418 g/mol. The lowest BCUT2D eigenvalue weighted by Crippen LogP contribution is -2.30. The van der Waals surface area contributed by atoms with E-state index in [9.17, 15) is 9.59 Å². The maximum absolute atomic E-state index is 13.4. The third kappa shape index (κ3) is 4.79. The van der Waals surface area contributed by atoms with Gasteiger partial charge in [0.05, 0.1) is 18.0 Å². The molecule has 1 aromatic heterocycles. The van der Waals surface area contributed by atoms with Crippen LogP contribution in [-0.2, 0) is 28.9 Å². The number of amides is 2. The van der Waals surface area contributed by atoms with Gasteiger partial charge in [0.25, 0.3) is 5.91 Å². The second-order valence-corrected chi connectivity index (χ2v) is 7.67. The van der Waals surface area contributed by atoms with Crippen LogP contribution in [0.5, 0.6) is 0 Å². The van der Waals surface area contributed by atoms with Gasteiger partial charge in [-0.15, -0.1) is 0 Å². The Hall–Kier alpha value is -3.54. The first-order valence-electron chi connectivity index (χ1n) is 10.7. The number of unbranched alkanes of at least 4 members (excludes halogenated alkanes) is 1. The zero-order chi connectivity index (χ0) is 21.6. The number of hydrogen-bond donors (Lipinski definition) is 1. The van der Waals surface area contributed by atoms with E-state index in [1.807, 2.05) is 72.4 Å². The minimum absolute atomic E-state index is 0.0329. The number of rotatable bonds is 6. The van der Waals surface area contributed by atoms with E-state index in [4.69, 9.17) is 4.74 Å². The molecule has 0 spiro atoms. The van der Waals surface area contributed by atoms with Gasteiger partial charge in [-0.2, -0.15) is 0 Å². The first-order chi connectivity index (χ1) is 15.2. The van der Waals surface area contributed by atoms with Crippen molar-refractivity contribution in [2.75, 3.05) is 16.8 Å². The molecule has 0 unspecified atom stereocenters. The molecule has 1 aliphatic rings. The second-order valence-electron chi connectivity index (χ2n) is 7.67. The Morgan fingerprint density at radius 3 is 2.48 bits per heavy atom. The maximum atomic E-state index is 13.4. The highest BCUT2D eigenvalue weighted by molar-refractivity contribution is 6.03. The predicted molar refractivity (Wildman–Crippen MR) is 122 cm³/mol. The van der Waals surface area contributed by atoms with E-state index in [-0.39, 0.29) is 12.5 Å².